The molecule has 0 N–H and O–H groups in total. The molecule has 2 aliphatic heterocycles. The molecule has 0 amide bonds. The van der Waals surface area contributed by atoms with Gasteiger partial charge in [0.05, 0.1) is 10.9 Å². The first kappa shape index (κ1) is 21.1. The van der Waals surface area contributed by atoms with Crippen molar-refractivity contribution in [2.75, 3.05) is 4.90 Å². The quantitative estimate of drug-likeness (QED) is 0.283. The number of pyridine rings is 1. The Morgan fingerprint density at radius 3 is 2.33 bits per heavy atom. The molecule has 4 aromatic rings. The lowest BCUT2D eigenvalue weighted by atomic mass is 9.64. The van der Waals surface area contributed by atoms with E-state index in [2.05, 4.69) is 4.98 Å². The minimum Gasteiger partial charge on any atom is -0.352 e. The van der Waals surface area contributed by atoms with Crippen LogP contribution in [0.5, 0.6) is 0 Å². The summed E-state index contributed by atoms with van der Waals surface area (Å²) < 4.78 is 0. The van der Waals surface area contributed by atoms with Crippen LogP contribution in [0.15, 0.2) is 96.6 Å². The van der Waals surface area contributed by atoms with Crippen LogP contribution in [-0.2, 0) is 0 Å². The minimum absolute atomic E-state index is 0.0950. The lowest BCUT2D eigenvalue weighted by Gasteiger charge is -2.37. The number of thiophene rings is 1. The van der Waals surface area contributed by atoms with Crippen molar-refractivity contribution in [3.63, 3.8) is 0 Å². The van der Waals surface area contributed by atoms with Crippen LogP contribution < -0.4 is 4.90 Å². The molecule has 0 saturated carbocycles. The first-order chi connectivity index (χ1) is 17.6. The molecule has 0 bridgehead atoms. The monoisotopic (exact) mass is 488 g/mol. The van der Waals surface area contributed by atoms with Gasteiger partial charge in [-0.3, -0.25) is 19.4 Å². The van der Waals surface area contributed by atoms with E-state index in [1.807, 2.05) is 64.9 Å². The normalized spacial score (nSPS) is 23.0. The number of anilines is 1. The van der Waals surface area contributed by atoms with Gasteiger partial charge in [0.1, 0.15) is 11.5 Å². The maximum absolute atomic E-state index is 14.4. The number of hydrogen-bond donors (Lipinski definition) is 0. The fourth-order valence-corrected chi connectivity index (χ4v) is 7.11. The van der Waals surface area contributed by atoms with E-state index in [4.69, 9.17) is 0 Å². The molecule has 1 spiro atoms. The summed E-state index contributed by atoms with van der Waals surface area (Å²) in [6.45, 7) is 0. The molecule has 6 heteroatoms. The number of Topliss-reactive ketones (excluding diaryl/α,β-unsaturated/α-hetero) is 3. The van der Waals surface area contributed by atoms with Crippen LogP contribution >= 0.6 is 11.3 Å². The third kappa shape index (κ3) is 2.59. The number of carbonyl (C=O) groups excluding carboxylic acids is 3. The standard InChI is InChI=1S/C30H20N2O3S/c33-27(23-12-6-16-36-23)26-25(19-8-5-15-31-17-19)30(28(34)20-9-2-3-10-21(20)29(30)35)24-14-13-18-7-1-4-11-22(18)32(24)26/h1-17,24-26H/t24?,25-,26+/m0/s1. The van der Waals surface area contributed by atoms with Crippen molar-refractivity contribution in [1.82, 2.24) is 4.98 Å². The number of rotatable bonds is 3. The van der Waals surface area contributed by atoms with Crippen LogP contribution in [0.4, 0.5) is 5.69 Å². The Kier molecular flexibility index (Phi) is 4.51. The Hall–Kier alpha value is -4.16. The molecule has 1 aliphatic carbocycles. The molecule has 7 rings (SSSR count). The molecule has 3 aliphatic rings. The van der Waals surface area contributed by atoms with Crippen molar-refractivity contribution in [2.45, 2.75) is 18.0 Å². The summed E-state index contributed by atoms with van der Waals surface area (Å²) in [6, 6.07) is 20.8. The number of nitrogens with zero attached hydrogens (tertiary/aromatic N) is 2. The summed E-state index contributed by atoms with van der Waals surface area (Å²) in [6.07, 6.45) is 7.27. The summed E-state index contributed by atoms with van der Waals surface area (Å²) in [5, 5.41) is 1.88. The second-order valence-corrected chi connectivity index (χ2v) is 10.3. The van der Waals surface area contributed by atoms with Gasteiger partial charge in [-0.05, 0) is 34.7 Å². The molecule has 174 valence electrons. The van der Waals surface area contributed by atoms with Gasteiger partial charge < -0.3 is 4.90 Å². The number of benzene rings is 2. The highest BCUT2D eigenvalue weighted by Crippen LogP contribution is 2.60. The van der Waals surface area contributed by atoms with Crippen LogP contribution in [0.25, 0.3) is 6.08 Å². The number of hydrogen-bond acceptors (Lipinski definition) is 6. The van der Waals surface area contributed by atoms with Crippen LogP contribution in [-0.4, -0.2) is 34.4 Å². The largest absolute Gasteiger partial charge is 0.352 e. The van der Waals surface area contributed by atoms with Gasteiger partial charge in [-0.1, -0.05) is 66.7 Å². The Morgan fingerprint density at radius 2 is 1.64 bits per heavy atom. The molecule has 5 nitrogen and oxygen atoms in total. The van der Waals surface area contributed by atoms with Gasteiger partial charge in [-0.25, -0.2) is 0 Å². The van der Waals surface area contributed by atoms with Gasteiger partial charge in [0, 0.05) is 35.1 Å². The number of fused-ring (bicyclic) bond motifs is 5. The average molecular weight is 489 g/mol. The molecule has 1 saturated heterocycles. The fourth-order valence-electron chi connectivity index (χ4n) is 6.41. The molecule has 0 radical (unpaired) electrons. The summed E-state index contributed by atoms with van der Waals surface area (Å²) in [7, 11) is 0. The zero-order chi connectivity index (χ0) is 24.4. The lowest BCUT2D eigenvalue weighted by molar-refractivity contribution is 0.0666. The number of para-hydroxylation sites is 1. The summed E-state index contributed by atoms with van der Waals surface area (Å²) >= 11 is 1.38. The van der Waals surface area contributed by atoms with E-state index in [-0.39, 0.29) is 17.3 Å². The van der Waals surface area contributed by atoms with Crippen molar-refractivity contribution in [3.8, 4) is 0 Å². The van der Waals surface area contributed by atoms with Gasteiger partial charge in [0.15, 0.2) is 17.3 Å². The van der Waals surface area contributed by atoms with Gasteiger partial charge in [-0.15, -0.1) is 11.3 Å². The Balaban J connectivity index is 1.56. The maximum Gasteiger partial charge on any atom is 0.195 e. The topological polar surface area (TPSA) is 67.3 Å². The van der Waals surface area contributed by atoms with Crippen molar-refractivity contribution < 1.29 is 14.4 Å². The second-order valence-electron chi connectivity index (χ2n) is 9.39. The van der Waals surface area contributed by atoms with E-state index >= 15 is 0 Å². The smallest absolute Gasteiger partial charge is 0.195 e. The average Bonchev–Trinajstić information content (AvgIpc) is 3.63. The molecular formula is C30H20N2O3S. The zero-order valence-corrected chi connectivity index (χ0v) is 19.9. The van der Waals surface area contributed by atoms with Crippen molar-refractivity contribution in [2.24, 2.45) is 5.41 Å². The fraction of sp³-hybridized carbons (Fsp3) is 0.133. The van der Waals surface area contributed by atoms with Crippen LogP contribution in [0.2, 0.25) is 0 Å². The molecular weight excluding hydrogens is 468 g/mol. The highest BCUT2D eigenvalue weighted by molar-refractivity contribution is 7.12. The Labute approximate surface area is 211 Å². The van der Waals surface area contributed by atoms with E-state index < -0.39 is 23.4 Å². The minimum atomic E-state index is -1.48. The molecule has 3 atom stereocenters. The summed E-state index contributed by atoms with van der Waals surface area (Å²) in [4.78, 5) is 50.1. The zero-order valence-electron chi connectivity index (χ0n) is 19.1. The number of ketones is 3. The van der Waals surface area contributed by atoms with E-state index in [0.717, 1.165) is 11.3 Å². The van der Waals surface area contributed by atoms with E-state index in [9.17, 15) is 14.4 Å². The summed E-state index contributed by atoms with van der Waals surface area (Å²) in [5.41, 5.74) is 1.88. The van der Waals surface area contributed by atoms with E-state index in [1.54, 1.807) is 42.7 Å². The molecule has 2 aromatic heterocycles. The van der Waals surface area contributed by atoms with Crippen LogP contribution in [0.1, 0.15) is 47.4 Å². The van der Waals surface area contributed by atoms with E-state index in [1.165, 1.54) is 11.3 Å². The Morgan fingerprint density at radius 1 is 0.889 bits per heavy atom. The molecule has 4 heterocycles. The van der Waals surface area contributed by atoms with Crippen molar-refractivity contribution in [1.29, 1.82) is 0 Å². The number of aromatic nitrogens is 1. The first-order valence-corrected chi connectivity index (χ1v) is 12.7. The molecule has 1 fully saturated rings. The third-order valence-electron chi connectivity index (χ3n) is 7.79. The second kappa shape index (κ2) is 7.67. The highest BCUT2D eigenvalue weighted by atomic mass is 32.1. The van der Waals surface area contributed by atoms with Gasteiger partial charge in [0.2, 0.25) is 0 Å². The summed E-state index contributed by atoms with van der Waals surface area (Å²) in [5.74, 6) is -1.26. The predicted molar refractivity (Wildman–Crippen MR) is 139 cm³/mol. The lowest BCUT2D eigenvalue weighted by Crippen LogP contribution is -2.48. The molecule has 1 unspecified atom stereocenters. The van der Waals surface area contributed by atoms with Gasteiger partial charge >= 0.3 is 0 Å². The van der Waals surface area contributed by atoms with Crippen molar-refractivity contribution in [3.05, 3.63) is 124 Å². The SMILES string of the molecule is O=C(c1cccs1)[C@H]1[C@H](c2cccnc2)C2(C(=O)c3ccccc3C2=O)C2C=Cc3ccccc3N21. The van der Waals surface area contributed by atoms with Crippen LogP contribution in [0.3, 0.4) is 0 Å². The Bertz CT molecular complexity index is 1540. The van der Waals surface area contributed by atoms with Gasteiger partial charge in [0.25, 0.3) is 0 Å². The van der Waals surface area contributed by atoms with Gasteiger partial charge in [-0.2, -0.15) is 0 Å². The first-order valence-electron chi connectivity index (χ1n) is 11.9. The van der Waals surface area contributed by atoms with Crippen molar-refractivity contribution >= 4 is 40.4 Å². The highest BCUT2D eigenvalue weighted by Gasteiger charge is 2.71. The number of carbonyl (C=O) groups is 3. The van der Waals surface area contributed by atoms with E-state index in [0.29, 0.717) is 21.6 Å². The maximum atomic E-state index is 14.4. The third-order valence-corrected chi connectivity index (χ3v) is 8.67. The predicted octanol–water partition coefficient (Wildman–Crippen LogP) is 5.46. The van der Waals surface area contributed by atoms with Crippen LogP contribution in [0, 0.1) is 5.41 Å². The molecule has 36 heavy (non-hydrogen) atoms. The molecule has 2 aromatic carbocycles.